The molecule has 1 fully saturated rings. The molecular weight excluding hydrogens is 358 g/mol. The Balaban J connectivity index is 2.24. The van der Waals surface area contributed by atoms with Gasteiger partial charge in [0.05, 0.1) is 12.3 Å². The normalized spacial score (nSPS) is 28.2. The second kappa shape index (κ2) is 9.34. The second-order valence-corrected chi connectivity index (χ2v) is 6.62. The van der Waals surface area contributed by atoms with Crippen molar-refractivity contribution in [3.8, 4) is 5.75 Å². The Bertz CT molecular complexity index is 638. The molecule has 1 aromatic rings. The number of nitrogens with one attached hydrogen (secondary N) is 1. The van der Waals surface area contributed by atoms with E-state index in [-0.39, 0.29) is 6.04 Å². The fraction of sp³-hybridized carbons (Fsp3) is 0.611. The van der Waals surface area contributed by atoms with E-state index in [1.54, 1.807) is 12.1 Å². The van der Waals surface area contributed by atoms with Crippen LogP contribution in [0.4, 0.5) is 5.69 Å². The van der Waals surface area contributed by atoms with Gasteiger partial charge in [-0.2, -0.15) is 0 Å². The standard InChI is InChI=1S/C18H27NO8/c1-4-25-8-10-5-6-12(11(7-10)19-9(2)3)26-18-15(22)13(20)14(21)16(27-18)17(23)24/h5-7,9,13-16,18-22H,4,8H2,1-3H3,(H,23,24). The summed E-state index contributed by atoms with van der Waals surface area (Å²) in [5.41, 5.74) is 1.50. The van der Waals surface area contributed by atoms with E-state index in [2.05, 4.69) is 5.32 Å². The number of aliphatic hydroxyl groups excluding tert-OH is 3. The lowest BCUT2D eigenvalue weighted by Crippen LogP contribution is -2.61. The van der Waals surface area contributed by atoms with E-state index >= 15 is 0 Å². The highest BCUT2D eigenvalue weighted by Gasteiger charge is 2.48. The summed E-state index contributed by atoms with van der Waals surface area (Å²) < 4.78 is 16.2. The van der Waals surface area contributed by atoms with Crippen LogP contribution >= 0.6 is 0 Å². The van der Waals surface area contributed by atoms with Crippen LogP contribution < -0.4 is 10.1 Å². The van der Waals surface area contributed by atoms with Gasteiger partial charge < -0.3 is 40.0 Å². The number of ether oxygens (including phenoxy) is 3. The minimum Gasteiger partial charge on any atom is -0.479 e. The zero-order valence-electron chi connectivity index (χ0n) is 15.5. The maximum Gasteiger partial charge on any atom is 0.335 e. The molecule has 1 aliphatic heterocycles. The maximum absolute atomic E-state index is 11.2. The summed E-state index contributed by atoms with van der Waals surface area (Å²) in [4.78, 5) is 11.2. The van der Waals surface area contributed by atoms with Crippen molar-refractivity contribution in [3.63, 3.8) is 0 Å². The molecule has 5 atom stereocenters. The van der Waals surface area contributed by atoms with Crippen LogP contribution in [0.1, 0.15) is 26.3 Å². The fourth-order valence-corrected chi connectivity index (χ4v) is 2.69. The van der Waals surface area contributed by atoms with Gasteiger partial charge in [-0.3, -0.25) is 0 Å². The number of carboxylic acid groups (broad SMARTS) is 1. The summed E-state index contributed by atoms with van der Waals surface area (Å²) in [5.74, 6) is -1.16. The number of hydrogen-bond acceptors (Lipinski definition) is 8. The molecular formula is C18H27NO8. The molecule has 5 N–H and O–H groups in total. The van der Waals surface area contributed by atoms with Gasteiger partial charge in [-0.15, -0.1) is 0 Å². The van der Waals surface area contributed by atoms with E-state index in [9.17, 15) is 20.1 Å². The molecule has 0 radical (unpaired) electrons. The third-order valence-electron chi connectivity index (χ3n) is 4.02. The number of benzene rings is 1. The lowest BCUT2D eigenvalue weighted by molar-refractivity contribution is -0.271. The number of aliphatic carboxylic acids is 1. The van der Waals surface area contributed by atoms with E-state index in [0.29, 0.717) is 24.7 Å². The van der Waals surface area contributed by atoms with E-state index in [1.807, 2.05) is 26.8 Å². The van der Waals surface area contributed by atoms with Crippen LogP contribution in [0.25, 0.3) is 0 Å². The van der Waals surface area contributed by atoms with Crippen molar-refractivity contribution in [2.45, 2.75) is 64.1 Å². The van der Waals surface area contributed by atoms with Crippen LogP contribution in [0.3, 0.4) is 0 Å². The minimum absolute atomic E-state index is 0.0751. The average Bonchev–Trinajstić information content (AvgIpc) is 2.61. The van der Waals surface area contributed by atoms with Crippen molar-refractivity contribution in [3.05, 3.63) is 23.8 Å². The summed E-state index contributed by atoms with van der Waals surface area (Å²) in [6.07, 6.45) is -8.28. The molecule has 0 amide bonds. The average molecular weight is 385 g/mol. The molecule has 9 nitrogen and oxygen atoms in total. The van der Waals surface area contributed by atoms with Gasteiger partial charge in [-0.05, 0) is 38.5 Å². The molecule has 0 spiro atoms. The maximum atomic E-state index is 11.2. The molecule has 0 aliphatic carbocycles. The van der Waals surface area contributed by atoms with Gasteiger partial charge in [-0.1, -0.05) is 6.07 Å². The van der Waals surface area contributed by atoms with E-state index in [1.165, 1.54) is 0 Å². The van der Waals surface area contributed by atoms with Crippen LogP contribution in [0, 0.1) is 0 Å². The largest absolute Gasteiger partial charge is 0.479 e. The summed E-state index contributed by atoms with van der Waals surface area (Å²) in [5, 5.41) is 42.1. The number of carboxylic acids is 1. The molecule has 2 rings (SSSR count). The number of aliphatic hydroxyl groups is 3. The quantitative estimate of drug-likeness (QED) is 0.428. The van der Waals surface area contributed by atoms with Crippen LogP contribution in [-0.2, 0) is 20.9 Å². The first-order valence-electron chi connectivity index (χ1n) is 8.80. The first-order valence-corrected chi connectivity index (χ1v) is 8.80. The first kappa shape index (κ1) is 21.4. The number of carbonyl (C=O) groups is 1. The van der Waals surface area contributed by atoms with Gasteiger partial charge in [0.1, 0.15) is 24.1 Å². The van der Waals surface area contributed by atoms with Gasteiger partial charge in [0.25, 0.3) is 0 Å². The highest BCUT2D eigenvalue weighted by atomic mass is 16.7. The van der Waals surface area contributed by atoms with Crippen LogP contribution in [-0.4, -0.2) is 69.8 Å². The second-order valence-electron chi connectivity index (χ2n) is 6.62. The third-order valence-corrected chi connectivity index (χ3v) is 4.02. The summed E-state index contributed by atoms with van der Waals surface area (Å²) in [6, 6.07) is 5.31. The SMILES string of the molecule is CCOCc1ccc(OC2OC(C(=O)O)C(O)C(O)C2O)c(NC(C)C)c1. The lowest BCUT2D eigenvalue weighted by Gasteiger charge is -2.38. The van der Waals surface area contributed by atoms with Crippen LogP contribution in [0.2, 0.25) is 0 Å². The number of rotatable bonds is 8. The Labute approximate surface area is 157 Å². The Morgan fingerprint density at radius 1 is 1.22 bits per heavy atom. The topological polar surface area (TPSA) is 138 Å². The minimum atomic E-state index is -1.76. The Hall–Kier alpha value is -1.91. The van der Waals surface area contributed by atoms with Crippen LogP contribution in [0.15, 0.2) is 18.2 Å². The van der Waals surface area contributed by atoms with E-state index in [4.69, 9.17) is 19.3 Å². The monoisotopic (exact) mass is 385 g/mol. The van der Waals surface area contributed by atoms with Gasteiger partial charge in [0.15, 0.2) is 6.10 Å². The van der Waals surface area contributed by atoms with Gasteiger partial charge >= 0.3 is 5.97 Å². The van der Waals surface area contributed by atoms with Gasteiger partial charge in [-0.25, -0.2) is 4.79 Å². The summed E-state index contributed by atoms with van der Waals surface area (Å²) in [7, 11) is 0. The Morgan fingerprint density at radius 3 is 2.52 bits per heavy atom. The van der Waals surface area contributed by atoms with Crippen molar-refractivity contribution in [1.82, 2.24) is 0 Å². The third kappa shape index (κ3) is 5.30. The molecule has 1 saturated heterocycles. The molecule has 27 heavy (non-hydrogen) atoms. The molecule has 1 aliphatic rings. The van der Waals surface area contributed by atoms with Crippen molar-refractivity contribution < 1.29 is 39.4 Å². The predicted octanol–water partition coefficient (Wildman–Crippen LogP) is 0.314. The molecule has 0 aromatic heterocycles. The molecule has 1 heterocycles. The summed E-state index contributed by atoms with van der Waals surface area (Å²) >= 11 is 0. The fourth-order valence-electron chi connectivity index (χ4n) is 2.69. The molecule has 5 unspecified atom stereocenters. The molecule has 0 bridgehead atoms. The van der Waals surface area contributed by atoms with Crippen molar-refractivity contribution in [1.29, 1.82) is 0 Å². The molecule has 1 aromatic carbocycles. The van der Waals surface area contributed by atoms with Crippen molar-refractivity contribution >= 4 is 11.7 Å². The number of anilines is 1. The first-order chi connectivity index (χ1) is 12.7. The van der Waals surface area contributed by atoms with Gasteiger partial charge in [0, 0.05) is 12.6 Å². The predicted molar refractivity (Wildman–Crippen MR) is 95.5 cm³/mol. The van der Waals surface area contributed by atoms with Gasteiger partial charge in [0.2, 0.25) is 6.29 Å². The highest BCUT2D eigenvalue weighted by Crippen LogP contribution is 2.31. The highest BCUT2D eigenvalue weighted by molar-refractivity contribution is 5.73. The molecule has 9 heteroatoms. The van der Waals surface area contributed by atoms with Crippen molar-refractivity contribution in [2.24, 2.45) is 0 Å². The molecule has 152 valence electrons. The van der Waals surface area contributed by atoms with Crippen LogP contribution in [0.5, 0.6) is 5.75 Å². The van der Waals surface area contributed by atoms with E-state index in [0.717, 1.165) is 5.56 Å². The van der Waals surface area contributed by atoms with Crippen molar-refractivity contribution in [2.75, 3.05) is 11.9 Å². The smallest absolute Gasteiger partial charge is 0.335 e. The summed E-state index contributed by atoms with van der Waals surface area (Å²) in [6.45, 7) is 6.75. The zero-order valence-corrected chi connectivity index (χ0v) is 15.5. The van der Waals surface area contributed by atoms with E-state index < -0.39 is 36.7 Å². The Morgan fingerprint density at radius 2 is 1.93 bits per heavy atom. The Kier molecular flexibility index (Phi) is 7.40. The number of hydrogen-bond donors (Lipinski definition) is 5. The lowest BCUT2D eigenvalue weighted by atomic mass is 9.99. The zero-order chi connectivity index (χ0) is 20.1. The molecule has 0 saturated carbocycles.